The lowest BCUT2D eigenvalue weighted by Gasteiger charge is -2.27. The molecule has 1 heterocycles. The van der Waals surface area contributed by atoms with E-state index in [9.17, 15) is 0 Å². The van der Waals surface area contributed by atoms with E-state index in [1.54, 1.807) is 0 Å². The topological polar surface area (TPSA) is 8.17 Å². The summed E-state index contributed by atoms with van der Waals surface area (Å²) in [5, 5.41) is 2.52. The molecule has 0 radical (unpaired) electrons. The fourth-order valence-electron chi connectivity index (χ4n) is 8.69. The van der Waals surface area contributed by atoms with E-state index in [0.29, 0.717) is 0 Å². The predicted molar refractivity (Wildman–Crippen MR) is 224 cm³/mol. The number of benzene rings is 8. The van der Waals surface area contributed by atoms with Gasteiger partial charge in [0, 0.05) is 38.9 Å². The summed E-state index contributed by atoms with van der Waals surface area (Å²) in [6.45, 7) is 4.77. The zero-order valence-electron chi connectivity index (χ0n) is 29.9. The second-order valence-electron chi connectivity index (χ2n) is 14.6. The molecule has 0 fully saturated rings. The van der Waals surface area contributed by atoms with Gasteiger partial charge in [0.2, 0.25) is 0 Å². The maximum Gasteiger partial charge on any atom is 0.0588 e. The van der Waals surface area contributed by atoms with Crippen LogP contribution >= 0.6 is 0 Å². The molecule has 0 N–H and O–H groups in total. The number of hydrogen-bond acceptors (Lipinski definition) is 1. The van der Waals surface area contributed by atoms with Crippen molar-refractivity contribution in [1.29, 1.82) is 0 Å². The van der Waals surface area contributed by atoms with Crippen LogP contribution in [0.2, 0.25) is 0 Å². The van der Waals surface area contributed by atoms with E-state index in [2.05, 4.69) is 217 Å². The SMILES string of the molecule is CC1(C)c2ccccc2-c2ccc3c4ccc(N(c5ccccc5)c5cc(-c6ccccc6)cc(-c6ccccc6)c5)cc4n(-c4ccccc4)c3c21. The van der Waals surface area contributed by atoms with Crippen LogP contribution < -0.4 is 4.90 Å². The highest BCUT2D eigenvalue weighted by Crippen LogP contribution is 2.53. The summed E-state index contributed by atoms with van der Waals surface area (Å²) in [5.74, 6) is 0. The maximum atomic E-state index is 2.51. The van der Waals surface area contributed by atoms with Gasteiger partial charge in [-0.15, -0.1) is 0 Å². The largest absolute Gasteiger partial charge is 0.310 e. The first kappa shape index (κ1) is 31.1. The Kier molecular flexibility index (Phi) is 7.19. The van der Waals surface area contributed by atoms with Gasteiger partial charge in [-0.05, 0) is 99.1 Å². The van der Waals surface area contributed by atoms with Crippen LogP contribution in [0.3, 0.4) is 0 Å². The van der Waals surface area contributed by atoms with Crippen LogP contribution in [0.15, 0.2) is 194 Å². The van der Waals surface area contributed by atoms with Gasteiger partial charge in [-0.25, -0.2) is 0 Å². The van der Waals surface area contributed by atoms with Crippen LogP contribution in [0.5, 0.6) is 0 Å². The monoisotopic (exact) mass is 678 g/mol. The summed E-state index contributed by atoms with van der Waals surface area (Å²) >= 11 is 0. The smallest absolute Gasteiger partial charge is 0.0588 e. The van der Waals surface area contributed by atoms with Gasteiger partial charge >= 0.3 is 0 Å². The molecule has 0 atom stereocenters. The lowest BCUT2D eigenvalue weighted by Crippen LogP contribution is -2.16. The Bertz CT molecular complexity index is 2720. The molecule has 2 heteroatoms. The lowest BCUT2D eigenvalue weighted by molar-refractivity contribution is 0.664. The Morgan fingerprint density at radius 3 is 1.64 bits per heavy atom. The zero-order chi connectivity index (χ0) is 35.5. The summed E-state index contributed by atoms with van der Waals surface area (Å²) in [5.41, 5.74) is 17.0. The molecule has 0 aliphatic heterocycles. The van der Waals surface area contributed by atoms with Crippen molar-refractivity contribution in [2.24, 2.45) is 0 Å². The first-order valence-electron chi connectivity index (χ1n) is 18.4. The molecule has 0 spiro atoms. The highest BCUT2D eigenvalue weighted by atomic mass is 15.1. The van der Waals surface area contributed by atoms with Crippen molar-refractivity contribution in [2.45, 2.75) is 19.3 Å². The van der Waals surface area contributed by atoms with Crippen molar-refractivity contribution in [1.82, 2.24) is 4.57 Å². The molecule has 10 rings (SSSR count). The third-order valence-electron chi connectivity index (χ3n) is 11.1. The Labute approximate surface area is 310 Å². The average molecular weight is 679 g/mol. The Morgan fingerprint density at radius 1 is 0.415 bits per heavy atom. The number of aromatic nitrogens is 1. The fourth-order valence-corrected chi connectivity index (χ4v) is 8.69. The zero-order valence-corrected chi connectivity index (χ0v) is 29.9. The molecule has 0 bridgehead atoms. The van der Waals surface area contributed by atoms with Gasteiger partial charge in [0.1, 0.15) is 0 Å². The summed E-state index contributed by atoms with van der Waals surface area (Å²) in [6, 6.07) is 70.7. The molecule has 2 nitrogen and oxygen atoms in total. The number of nitrogens with zero attached hydrogens (tertiary/aromatic N) is 2. The van der Waals surface area contributed by atoms with Crippen molar-refractivity contribution in [3.63, 3.8) is 0 Å². The molecule has 0 saturated heterocycles. The van der Waals surface area contributed by atoms with Crippen molar-refractivity contribution in [3.8, 4) is 39.1 Å². The highest BCUT2D eigenvalue weighted by Gasteiger charge is 2.38. The molecule has 0 amide bonds. The molecule has 9 aromatic rings. The quantitative estimate of drug-likeness (QED) is 0.170. The standard InChI is InChI=1S/C51H38N2/c1-51(2)47-26-16-15-25-43(47)45-29-30-46-44-28-27-41(34-48(44)53(50(46)49(45)51)40-23-13-6-14-24-40)52(39-21-11-5-12-22-39)42-32-37(35-17-7-3-8-18-35)31-38(33-42)36-19-9-4-10-20-36/h3-34H,1-2H3. The normalized spacial score (nSPS) is 12.9. The molecular formula is C51H38N2. The summed E-state index contributed by atoms with van der Waals surface area (Å²) in [4.78, 5) is 2.41. The molecule has 8 aromatic carbocycles. The summed E-state index contributed by atoms with van der Waals surface area (Å²) in [7, 11) is 0. The van der Waals surface area contributed by atoms with E-state index in [1.165, 1.54) is 66.3 Å². The van der Waals surface area contributed by atoms with E-state index in [4.69, 9.17) is 0 Å². The molecule has 1 aliphatic carbocycles. The molecule has 1 aliphatic rings. The third kappa shape index (κ3) is 5.02. The van der Waals surface area contributed by atoms with Crippen LogP contribution in [0.1, 0.15) is 25.0 Å². The van der Waals surface area contributed by atoms with Crippen LogP contribution in [0.25, 0.3) is 60.9 Å². The van der Waals surface area contributed by atoms with Gasteiger partial charge < -0.3 is 9.47 Å². The second kappa shape index (κ2) is 12.3. The lowest BCUT2D eigenvalue weighted by atomic mass is 9.81. The number of anilines is 3. The summed E-state index contributed by atoms with van der Waals surface area (Å²) < 4.78 is 2.51. The van der Waals surface area contributed by atoms with Gasteiger partial charge in [0.25, 0.3) is 0 Å². The van der Waals surface area contributed by atoms with Gasteiger partial charge in [-0.2, -0.15) is 0 Å². The molecule has 53 heavy (non-hydrogen) atoms. The van der Waals surface area contributed by atoms with Crippen LogP contribution in [-0.4, -0.2) is 4.57 Å². The fraction of sp³-hybridized carbons (Fsp3) is 0.0588. The summed E-state index contributed by atoms with van der Waals surface area (Å²) in [6.07, 6.45) is 0. The third-order valence-corrected chi connectivity index (χ3v) is 11.1. The Balaban J connectivity index is 1.26. The maximum absolute atomic E-state index is 2.51. The molecule has 0 unspecified atom stereocenters. The van der Waals surface area contributed by atoms with E-state index >= 15 is 0 Å². The minimum absolute atomic E-state index is 0.156. The first-order valence-corrected chi connectivity index (χ1v) is 18.4. The Morgan fingerprint density at radius 2 is 0.981 bits per heavy atom. The highest BCUT2D eigenvalue weighted by molar-refractivity contribution is 6.14. The van der Waals surface area contributed by atoms with E-state index in [0.717, 1.165) is 22.7 Å². The molecule has 0 saturated carbocycles. The van der Waals surface area contributed by atoms with Crippen LogP contribution in [0.4, 0.5) is 17.1 Å². The van der Waals surface area contributed by atoms with Crippen LogP contribution in [-0.2, 0) is 5.41 Å². The first-order chi connectivity index (χ1) is 26.1. The number of rotatable bonds is 6. The second-order valence-corrected chi connectivity index (χ2v) is 14.6. The molecular weight excluding hydrogens is 641 g/mol. The van der Waals surface area contributed by atoms with E-state index in [-0.39, 0.29) is 5.41 Å². The van der Waals surface area contributed by atoms with E-state index in [1.807, 2.05) is 0 Å². The van der Waals surface area contributed by atoms with Crippen molar-refractivity contribution in [2.75, 3.05) is 4.90 Å². The Hall–Kier alpha value is -6.64. The minimum Gasteiger partial charge on any atom is -0.310 e. The van der Waals surface area contributed by atoms with Gasteiger partial charge in [0.05, 0.1) is 11.0 Å². The number of para-hydroxylation sites is 2. The van der Waals surface area contributed by atoms with Crippen LogP contribution in [0, 0.1) is 0 Å². The van der Waals surface area contributed by atoms with Gasteiger partial charge in [-0.1, -0.05) is 153 Å². The van der Waals surface area contributed by atoms with Crippen molar-refractivity contribution >= 4 is 38.9 Å². The van der Waals surface area contributed by atoms with Gasteiger partial charge in [-0.3, -0.25) is 0 Å². The predicted octanol–water partition coefficient (Wildman–Crippen LogP) is 13.9. The number of hydrogen-bond donors (Lipinski definition) is 0. The average Bonchev–Trinajstić information content (AvgIpc) is 3.67. The molecule has 252 valence electrons. The minimum atomic E-state index is -0.156. The van der Waals surface area contributed by atoms with E-state index < -0.39 is 0 Å². The molecule has 1 aromatic heterocycles. The van der Waals surface area contributed by atoms with Crippen molar-refractivity contribution < 1.29 is 0 Å². The van der Waals surface area contributed by atoms with Gasteiger partial charge in [0.15, 0.2) is 0 Å². The number of fused-ring (bicyclic) bond motifs is 7. The van der Waals surface area contributed by atoms with Crippen molar-refractivity contribution in [3.05, 3.63) is 205 Å².